The van der Waals surface area contributed by atoms with Crippen LogP contribution in [0.4, 0.5) is 8.78 Å². The quantitative estimate of drug-likeness (QED) is 0.433. The summed E-state index contributed by atoms with van der Waals surface area (Å²) in [4.78, 5) is 11.4. The van der Waals surface area contributed by atoms with Crippen LogP contribution in [0.5, 0.6) is 5.75 Å². The van der Waals surface area contributed by atoms with Gasteiger partial charge in [-0.25, -0.2) is 17.2 Å². The number of carbonyl (C=O) groups is 1. The number of halogens is 3. The third-order valence-corrected chi connectivity index (χ3v) is 8.39. The predicted octanol–water partition coefficient (Wildman–Crippen LogP) is 4.29. The Labute approximate surface area is 198 Å². The van der Waals surface area contributed by atoms with E-state index in [-0.39, 0.29) is 49.1 Å². The maximum absolute atomic E-state index is 13.2. The average molecular weight is 509 g/mol. The summed E-state index contributed by atoms with van der Waals surface area (Å²) < 4.78 is 59.4. The molecule has 186 valence electrons. The van der Waals surface area contributed by atoms with Crippen molar-refractivity contribution in [2.75, 3.05) is 19.7 Å². The molecule has 0 spiro atoms. The van der Waals surface area contributed by atoms with Crippen LogP contribution in [0.2, 0.25) is 5.02 Å². The molecule has 3 rings (SSSR count). The van der Waals surface area contributed by atoms with Crippen molar-refractivity contribution in [3.8, 4) is 5.75 Å². The van der Waals surface area contributed by atoms with Crippen molar-refractivity contribution >= 4 is 27.6 Å². The number of carboxylic acids is 1. The lowest BCUT2D eigenvalue weighted by molar-refractivity contribution is -0.140. The molecule has 2 N–H and O–H groups in total. The Morgan fingerprint density at radius 3 is 2.64 bits per heavy atom. The molecule has 1 aromatic carbocycles. The van der Waals surface area contributed by atoms with E-state index in [1.165, 1.54) is 18.2 Å². The summed E-state index contributed by atoms with van der Waals surface area (Å²) in [6.45, 7) is 1.16. The zero-order chi connectivity index (χ0) is 24.1. The van der Waals surface area contributed by atoms with Gasteiger partial charge >= 0.3 is 5.97 Å². The molecular weight excluding hydrogens is 478 g/mol. The lowest BCUT2D eigenvalue weighted by Crippen LogP contribution is -2.40. The van der Waals surface area contributed by atoms with Gasteiger partial charge in [0.25, 0.3) is 0 Å². The molecule has 2 aliphatic rings. The number of unbranched alkanes of at least 4 members (excludes halogenated alkanes) is 2. The number of hydrogen-bond donors (Lipinski definition) is 2. The highest BCUT2D eigenvalue weighted by atomic mass is 35.5. The Balaban J connectivity index is 1.48. The van der Waals surface area contributed by atoms with Crippen molar-refractivity contribution in [1.82, 2.24) is 9.62 Å². The molecule has 11 heteroatoms. The molecule has 33 heavy (non-hydrogen) atoms. The zero-order valence-electron chi connectivity index (χ0n) is 18.4. The molecule has 0 radical (unpaired) electrons. The number of aliphatic carboxylic acids is 1. The van der Waals surface area contributed by atoms with Crippen LogP contribution in [0.3, 0.4) is 0 Å². The summed E-state index contributed by atoms with van der Waals surface area (Å²) in [7, 11) is -4.05. The maximum Gasteiger partial charge on any atom is 0.322 e. The molecule has 1 aliphatic carbocycles. The summed E-state index contributed by atoms with van der Waals surface area (Å²) in [5.74, 6) is -3.58. The van der Waals surface area contributed by atoms with E-state index in [9.17, 15) is 27.1 Å². The second-order valence-electron chi connectivity index (χ2n) is 8.70. The minimum atomic E-state index is -4.05. The average Bonchev–Trinajstić information content (AvgIpc) is 3.25. The minimum absolute atomic E-state index is 0.0615. The number of ether oxygens (including phenoxy) is 1. The molecule has 0 aromatic heterocycles. The second-order valence-corrected chi connectivity index (χ2v) is 11.0. The molecule has 0 unspecified atom stereocenters. The highest BCUT2D eigenvalue weighted by Crippen LogP contribution is 2.34. The first-order valence-corrected chi connectivity index (χ1v) is 13.2. The molecular formula is C22H31ClF2N2O5S. The Hall–Kier alpha value is -1.49. The van der Waals surface area contributed by atoms with Gasteiger partial charge in [-0.15, -0.1) is 0 Å². The van der Waals surface area contributed by atoms with E-state index in [2.05, 4.69) is 5.32 Å². The van der Waals surface area contributed by atoms with Crippen LogP contribution < -0.4 is 10.1 Å². The molecule has 1 atom stereocenters. The first-order chi connectivity index (χ1) is 15.6. The van der Waals surface area contributed by atoms with Gasteiger partial charge in [-0.2, -0.15) is 4.31 Å². The first-order valence-electron chi connectivity index (χ1n) is 11.4. The Morgan fingerprint density at radius 2 is 1.94 bits per heavy atom. The summed E-state index contributed by atoms with van der Waals surface area (Å²) in [5, 5.41) is 13.0. The largest absolute Gasteiger partial charge is 0.492 e. The maximum atomic E-state index is 13.2. The highest BCUT2D eigenvalue weighted by Gasteiger charge is 2.40. The summed E-state index contributed by atoms with van der Waals surface area (Å²) in [5.41, 5.74) is 0. The van der Waals surface area contributed by atoms with Gasteiger partial charge < -0.3 is 15.2 Å². The smallest absolute Gasteiger partial charge is 0.322 e. The van der Waals surface area contributed by atoms with Gasteiger partial charge in [0.15, 0.2) is 0 Å². The standard InChI is InChI=1S/C22H31ClF2N2O5S/c23-16-6-7-20(33(30,31)27-13-4-5-18(27)21(28)29)19(15-16)32-14-3-1-2-12-26-17-8-10-22(24,25)11-9-17/h6-7,15,17-18,26H,1-5,8-14H2,(H,28,29)/t18-/m0/s1. The van der Waals surface area contributed by atoms with E-state index in [4.69, 9.17) is 16.3 Å². The number of nitrogens with zero attached hydrogens (tertiary/aromatic N) is 1. The third kappa shape index (κ3) is 7.00. The van der Waals surface area contributed by atoms with Crippen molar-refractivity contribution in [2.45, 2.75) is 80.7 Å². The van der Waals surface area contributed by atoms with Gasteiger partial charge in [-0.1, -0.05) is 11.6 Å². The normalized spacial score (nSPS) is 21.8. The van der Waals surface area contributed by atoms with Crippen molar-refractivity contribution in [1.29, 1.82) is 0 Å². The summed E-state index contributed by atoms with van der Waals surface area (Å²) in [6.07, 6.45) is 3.97. The van der Waals surface area contributed by atoms with Crippen molar-refractivity contribution in [3.63, 3.8) is 0 Å². The van der Waals surface area contributed by atoms with Crippen molar-refractivity contribution < 1.29 is 31.8 Å². The number of alkyl halides is 2. The molecule has 1 saturated heterocycles. The van der Waals surface area contributed by atoms with Gasteiger partial charge in [0.1, 0.15) is 16.7 Å². The molecule has 1 heterocycles. The zero-order valence-corrected chi connectivity index (χ0v) is 20.0. The fourth-order valence-electron chi connectivity index (χ4n) is 4.35. The van der Waals surface area contributed by atoms with Crippen LogP contribution in [0.1, 0.15) is 57.8 Å². The lowest BCUT2D eigenvalue weighted by atomic mass is 9.92. The third-order valence-electron chi connectivity index (χ3n) is 6.21. The van der Waals surface area contributed by atoms with Crippen LogP contribution in [0.15, 0.2) is 23.1 Å². The van der Waals surface area contributed by atoms with Crippen LogP contribution >= 0.6 is 11.6 Å². The molecule has 2 fully saturated rings. The van der Waals surface area contributed by atoms with E-state index in [0.29, 0.717) is 30.7 Å². The van der Waals surface area contributed by atoms with Crippen LogP contribution in [-0.2, 0) is 14.8 Å². The van der Waals surface area contributed by atoms with Crippen LogP contribution in [0.25, 0.3) is 0 Å². The molecule has 0 amide bonds. The Bertz CT molecular complexity index is 921. The number of nitrogens with one attached hydrogen (secondary N) is 1. The topological polar surface area (TPSA) is 95.9 Å². The monoisotopic (exact) mass is 508 g/mol. The molecule has 1 aromatic rings. The number of carboxylic acid groups (broad SMARTS) is 1. The van der Waals surface area contributed by atoms with Crippen LogP contribution in [0, 0.1) is 0 Å². The second kappa shape index (κ2) is 11.3. The highest BCUT2D eigenvalue weighted by molar-refractivity contribution is 7.89. The van der Waals surface area contributed by atoms with E-state index >= 15 is 0 Å². The molecule has 1 aliphatic heterocycles. The fraction of sp³-hybridized carbons (Fsp3) is 0.682. The molecule has 1 saturated carbocycles. The lowest BCUT2D eigenvalue weighted by Gasteiger charge is -2.28. The van der Waals surface area contributed by atoms with Crippen molar-refractivity contribution in [3.05, 3.63) is 23.2 Å². The van der Waals surface area contributed by atoms with E-state index in [1.807, 2.05) is 0 Å². The Kier molecular flexibility index (Phi) is 8.94. The van der Waals surface area contributed by atoms with E-state index in [0.717, 1.165) is 23.7 Å². The number of sulfonamides is 1. The number of rotatable bonds is 11. The number of benzene rings is 1. The molecule has 0 bridgehead atoms. The molecule has 7 nitrogen and oxygen atoms in total. The van der Waals surface area contributed by atoms with Gasteiger partial charge in [0, 0.05) is 36.5 Å². The predicted molar refractivity (Wildman–Crippen MR) is 121 cm³/mol. The summed E-state index contributed by atoms with van der Waals surface area (Å²) >= 11 is 6.04. The van der Waals surface area contributed by atoms with Crippen molar-refractivity contribution in [2.24, 2.45) is 0 Å². The number of hydrogen-bond acceptors (Lipinski definition) is 5. The van der Waals surface area contributed by atoms with Gasteiger partial charge in [-0.3, -0.25) is 4.79 Å². The minimum Gasteiger partial charge on any atom is -0.492 e. The van der Waals surface area contributed by atoms with E-state index < -0.39 is 28.0 Å². The van der Waals surface area contributed by atoms with E-state index in [1.54, 1.807) is 0 Å². The SMILES string of the molecule is O=C(O)[C@@H]1CCCN1S(=O)(=O)c1ccc(Cl)cc1OCCCCCNC1CCC(F)(F)CC1. The first kappa shape index (κ1) is 26.1. The Morgan fingerprint density at radius 1 is 1.21 bits per heavy atom. The van der Waals surface area contributed by atoms with Gasteiger partial charge in [0.2, 0.25) is 15.9 Å². The fourth-order valence-corrected chi connectivity index (χ4v) is 6.27. The van der Waals surface area contributed by atoms with Gasteiger partial charge in [0.05, 0.1) is 6.61 Å². The van der Waals surface area contributed by atoms with Gasteiger partial charge in [-0.05, 0) is 63.6 Å². The summed E-state index contributed by atoms with van der Waals surface area (Å²) in [6, 6.07) is 3.28. The van der Waals surface area contributed by atoms with Crippen LogP contribution in [-0.4, -0.2) is 61.5 Å².